The molecule has 0 saturated carbocycles. The molecule has 0 saturated heterocycles. The zero-order valence-corrected chi connectivity index (χ0v) is 5.29. The molecule has 0 atom stereocenters. The van der Waals surface area contributed by atoms with E-state index in [2.05, 4.69) is 6.58 Å². The number of hydrogen-bond acceptors (Lipinski definition) is 2. The second-order valence-electron chi connectivity index (χ2n) is 0.960. The fourth-order valence-corrected chi connectivity index (χ4v) is 0. The van der Waals surface area contributed by atoms with Gasteiger partial charge in [0.1, 0.15) is 6.61 Å². The molecule has 0 fully saturated rings. The molecule has 0 amide bonds. The third-order valence-electron chi connectivity index (χ3n) is 0.135. The van der Waals surface area contributed by atoms with Gasteiger partial charge in [0.2, 0.25) is 0 Å². The van der Waals surface area contributed by atoms with Crippen LogP contribution in [-0.4, -0.2) is 28.3 Å². The molecule has 0 unspecified atom stereocenters. The fourth-order valence-electron chi connectivity index (χ4n) is 0. The summed E-state index contributed by atoms with van der Waals surface area (Å²) in [6.45, 7) is 4.47. The highest BCUT2D eigenvalue weighted by Gasteiger charge is 1.82. The second kappa shape index (κ2) is 15.7. The van der Waals surface area contributed by atoms with Crippen LogP contribution in [0.4, 0.5) is 0 Å². The molecule has 9 heavy (non-hydrogen) atoms. The van der Waals surface area contributed by atoms with Crippen LogP contribution in [0.3, 0.4) is 0 Å². The maximum absolute atomic E-state index is 9.12. The molecular formula is C5H12O4. The number of carboxylic acids is 1. The minimum Gasteiger partial charge on any atom is -0.480 e. The van der Waals surface area contributed by atoms with E-state index in [1.165, 1.54) is 0 Å². The van der Waals surface area contributed by atoms with Crippen LogP contribution in [0.25, 0.3) is 0 Å². The zero-order chi connectivity index (χ0) is 6.99. The van der Waals surface area contributed by atoms with Gasteiger partial charge >= 0.3 is 5.97 Å². The van der Waals surface area contributed by atoms with E-state index in [-0.39, 0.29) is 5.48 Å². The first kappa shape index (κ1) is 15.7. The Morgan fingerprint density at radius 1 is 1.78 bits per heavy atom. The van der Waals surface area contributed by atoms with Crippen LogP contribution in [0, 0.1) is 0 Å². The summed E-state index contributed by atoms with van der Waals surface area (Å²) in [4.78, 5) is 9.12. The number of aliphatic hydroxyl groups excluding tert-OH is 1. The average molecular weight is 136 g/mol. The molecule has 0 bridgehead atoms. The molecule has 0 aromatic heterocycles. The summed E-state index contributed by atoms with van der Waals surface area (Å²) in [6.07, 6.45) is 1.75. The summed E-state index contributed by atoms with van der Waals surface area (Å²) >= 11 is 0. The van der Waals surface area contributed by atoms with Gasteiger partial charge in [-0.05, 0) is 6.92 Å². The minimum atomic E-state index is -1.19. The van der Waals surface area contributed by atoms with Crippen LogP contribution in [0.5, 0.6) is 0 Å². The Morgan fingerprint density at radius 3 is 1.89 bits per heavy atom. The van der Waals surface area contributed by atoms with Gasteiger partial charge in [-0.15, -0.1) is 6.58 Å². The SMILES string of the molecule is C=CC.O.O=C(O)CO. The van der Waals surface area contributed by atoms with Crippen molar-refractivity contribution in [2.24, 2.45) is 0 Å². The number of aliphatic hydroxyl groups is 1. The van der Waals surface area contributed by atoms with Crippen molar-refractivity contribution < 1.29 is 20.5 Å². The normalized spacial score (nSPS) is 5.56. The van der Waals surface area contributed by atoms with Crippen molar-refractivity contribution in [3.8, 4) is 0 Å². The lowest BCUT2D eigenvalue weighted by molar-refractivity contribution is -0.140. The number of allylic oxidation sites excluding steroid dienone is 1. The van der Waals surface area contributed by atoms with Crippen LogP contribution in [-0.2, 0) is 4.79 Å². The molecule has 0 rings (SSSR count). The highest BCUT2D eigenvalue weighted by Crippen LogP contribution is 1.48. The van der Waals surface area contributed by atoms with E-state index in [4.69, 9.17) is 15.0 Å². The van der Waals surface area contributed by atoms with Crippen molar-refractivity contribution in [1.82, 2.24) is 0 Å². The number of hydrogen-bond donors (Lipinski definition) is 2. The summed E-state index contributed by atoms with van der Waals surface area (Å²) in [5.41, 5.74) is 0. The van der Waals surface area contributed by atoms with Gasteiger partial charge < -0.3 is 15.7 Å². The summed E-state index contributed by atoms with van der Waals surface area (Å²) in [5, 5.41) is 15.0. The fraction of sp³-hybridized carbons (Fsp3) is 0.400. The molecule has 0 aliphatic heterocycles. The standard InChI is InChI=1S/C3H6.C2H4O3.H2O/c1-3-2;3-1-2(4)5;/h3H,1H2,2H3;3H,1H2,(H,4,5);1H2. The lowest BCUT2D eigenvalue weighted by Gasteiger charge is -1.72. The largest absolute Gasteiger partial charge is 0.480 e. The maximum atomic E-state index is 9.12. The molecule has 0 spiro atoms. The van der Waals surface area contributed by atoms with Crippen molar-refractivity contribution in [2.75, 3.05) is 6.61 Å². The molecule has 56 valence electrons. The van der Waals surface area contributed by atoms with E-state index in [0.717, 1.165) is 0 Å². The number of aliphatic carboxylic acids is 1. The lowest BCUT2D eigenvalue weighted by Crippen LogP contribution is -1.98. The summed E-state index contributed by atoms with van der Waals surface area (Å²) < 4.78 is 0. The molecular weight excluding hydrogens is 124 g/mol. The minimum absolute atomic E-state index is 0. The Hall–Kier alpha value is -0.870. The summed E-state index contributed by atoms with van der Waals surface area (Å²) in [7, 11) is 0. The van der Waals surface area contributed by atoms with E-state index >= 15 is 0 Å². The second-order valence-corrected chi connectivity index (χ2v) is 0.960. The predicted molar refractivity (Wildman–Crippen MR) is 34.2 cm³/mol. The number of carboxylic acid groups (broad SMARTS) is 1. The van der Waals surface area contributed by atoms with Crippen LogP contribution >= 0.6 is 0 Å². The Balaban J connectivity index is -0.0000000800. The predicted octanol–water partition coefficient (Wildman–Crippen LogP) is -0.569. The first-order chi connectivity index (χ1) is 3.68. The van der Waals surface area contributed by atoms with Crippen LogP contribution in [0.2, 0.25) is 0 Å². The van der Waals surface area contributed by atoms with Crippen molar-refractivity contribution >= 4 is 5.97 Å². The maximum Gasteiger partial charge on any atom is 0.329 e. The molecule has 4 nitrogen and oxygen atoms in total. The summed E-state index contributed by atoms with van der Waals surface area (Å²) in [6, 6.07) is 0. The molecule has 0 radical (unpaired) electrons. The zero-order valence-electron chi connectivity index (χ0n) is 5.29. The molecule has 0 aromatic rings. The smallest absolute Gasteiger partial charge is 0.329 e. The molecule has 0 aliphatic rings. The molecule has 4 heteroatoms. The van der Waals surface area contributed by atoms with Gasteiger partial charge in [0.25, 0.3) is 0 Å². The van der Waals surface area contributed by atoms with E-state index < -0.39 is 12.6 Å². The van der Waals surface area contributed by atoms with Gasteiger partial charge in [0, 0.05) is 0 Å². The van der Waals surface area contributed by atoms with Gasteiger partial charge in [-0.1, -0.05) is 6.08 Å². The monoisotopic (exact) mass is 136 g/mol. The first-order valence-electron chi connectivity index (χ1n) is 2.08. The molecule has 0 aromatic carbocycles. The number of rotatable bonds is 1. The van der Waals surface area contributed by atoms with Crippen molar-refractivity contribution in [1.29, 1.82) is 0 Å². The highest BCUT2D eigenvalue weighted by molar-refractivity contribution is 5.67. The molecule has 4 N–H and O–H groups in total. The van der Waals surface area contributed by atoms with Gasteiger partial charge in [0.05, 0.1) is 0 Å². The number of carbonyl (C=O) groups is 1. The summed E-state index contributed by atoms with van der Waals surface area (Å²) in [5.74, 6) is -1.19. The Labute approximate surface area is 53.7 Å². The van der Waals surface area contributed by atoms with Gasteiger partial charge in [-0.25, -0.2) is 4.79 Å². The quantitative estimate of drug-likeness (QED) is 0.473. The van der Waals surface area contributed by atoms with Crippen molar-refractivity contribution in [3.63, 3.8) is 0 Å². The van der Waals surface area contributed by atoms with E-state index in [1.807, 2.05) is 6.92 Å². The van der Waals surface area contributed by atoms with E-state index in [9.17, 15) is 0 Å². The van der Waals surface area contributed by atoms with Gasteiger partial charge in [0.15, 0.2) is 0 Å². The Kier molecular flexibility index (Phi) is 27.4. The molecule has 0 heterocycles. The highest BCUT2D eigenvalue weighted by atomic mass is 16.4. The molecule has 0 aliphatic carbocycles. The van der Waals surface area contributed by atoms with E-state index in [0.29, 0.717) is 0 Å². The van der Waals surface area contributed by atoms with Crippen LogP contribution in [0.15, 0.2) is 12.7 Å². The average Bonchev–Trinajstić information content (AvgIpc) is 1.69. The first-order valence-corrected chi connectivity index (χ1v) is 2.08. The lowest BCUT2D eigenvalue weighted by atomic mass is 10.8. The van der Waals surface area contributed by atoms with Crippen LogP contribution < -0.4 is 0 Å². The van der Waals surface area contributed by atoms with Gasteiger partial charge in [-0.2, -0.15) is 0 Å². The van der Waals surface area contributed by atoms with E-state index in [1.54, 1.807) is 6.08 Å². The topological polar surface area (TPSA) is 89.0 Å². The third kappa shape index (κ3) is 147. The van der Waals surface area contributed by atoms with Crippen molar-refractivity contribution in [2.45, 2.75) is 6.92 Å². The third-order valence-corrected chi connectivity index (χ3v) is 0.135. The Bertz CT molecular complexity index is 69.4. The van der Waals surface area contributed by atoms with Crippen molar-refractivity contribution in [3.05, 3.63) is 12.7 Å². The van der Waals surface area contributed by atoms with Gasteiger partial charge in [-0.3, -0.25) is 0 Å². The Morgan fingerprint density at radius 2 is 1.89 bits per heavy atom. The van der Waals surface area contributed by atoms with Crippen LogP contribution in [0.1, 0.15) is 6.92 Å².